The van der Waals surface area contributed by atoms with Gasteiger partial charge in [-0.05, 0) is 6.92 Å². The number of amides is 1. The Labute approximate surface area is 94.1 Å². The van der Waals surface area contributed by atoms with Crippen LogP contribution < -0.4 is 15.5 Å². The molecule has 1 fully saturated rings. The first-order valence-electron chi connectivity index (χ1n) is 5.26. The SMILES string of the molecule is CNc1cc(N2CCNC(=O)C2C)ncn1. The molecule has 1 saturated heterocycles. The fourth-order valence-electron chi connectivity index (χ4n) is 1.74. The van der Waals surface area contributed by atoms with Gasteiger partial charge in [0.2, 0.25) is 5.91 Å². The predicted molar refractivity (Wildman–Crippen MR) is 61.4 cm³/mol. The Kier molecular flexibility index (Phi) is 2.89. The lowest BCUT2D eigenvalue weighted by molar-refractivity contribution is -0.122. The Balaban J connectivity index is 2.25. The minimum Gasteiger partial charge on any atom is -0.373 e. The van der Waals surface area contributed by atoms with Crippen LogP contribution in [0.25, 0.3) is 0 Å². The minimum absolute atomic E-state index is 0.0378. The number of aromatic nitrogens is 2. The quantitative estimate of drug-likeness (QED) is 0.726. The van der Waals surface area contributed by atoms with Gasteiger partial charge in [-0.1, -0.05) is 0 Å². The van der Waals surface area contributed by atoms with Crippen molar-refractivity contribution in [1.29, 1.82) is 0 Å². The number of carbonyl (C=O) groups excluding carboxylic acids is 1. The number of carbonyl (C=O) groups is 1. The van der Waals surface area contributed by atoms with Crippen LogP contribution in [0.3, 0.4) is 0 Å². The van der Waals surface area contributed by atoms with Gasteiger partial charge in [-0.2, -0.15) is 0 Å². The molecule has 0 radical (unpaired) electrons. The Morgan fingerprint density at radius 3 is 3.12 bits per heavy atom. The largest absolute Gasteiger partial charge is 0.373 e. The molecule has 2 N–H and O–H groups in total. The van der Waals surface area contributed by atoms with Crippen LogP contribution in [0.1, 0.15) is 6.92 Å². The maximum atomic E-state index is 11.5. The molecule has 86 valence electrons. The van der Waals surface area contributed by atoms with Gasteiger partial charge in [-0.3, -0.25) is 4.79 Å². The van der Waals surface area contributed by atoms with Crippen LogP contribution in [-0.2, 0) is 4.79 Å². The lowest BCUT2D eigenvalue weighted by Crippen LogP contribution is -2.54. The number of nitrogens with one attached hydrogen (secondary N) is 2. The van der Waals surface area contributed by atoms with E-state index in [0.29, 0.717) is 6.54 Å². The van der Waals surface area contributed by atoms with E-state index in [-0.39, 0.29) is 11.9 Å². The molecule has 0 saturated carbocycles. The topological polar surface area (TPSA) is 70.2 Å². The summed E-state index contributed by atoms with van der Waals surface area (Å²) in [5, 5.41) is 5.77. The van der Waals surface area contributed by atoms with E-state index >= 15 is 0 Å². The molecule has 6 nitrogen and oxygen atoms in total. The molecule has 16 heavy (non-hydrogen) atoms. The first-order chi connectivity index (χ1) is 7.72. The molecule has 6 heteroatoms. The fraction of sp³-hybridized carbons (Fsp3) is 0.500. The van der Waals surface area contributed by atoms with E-state index in [1.54, 1.807) is 7.05 Å². The van der Waals surface area contributed by atoms with Gasteiger partial charge >= 0.3 is 0 Å². The van der Waals surface area contributed by atoms with Crippen molar-refractivity contribution in [3.05, 3.63) is 12.4 Å². The van der Waals surface area contributed by atoms with Crippen LogP contribution in [0.5, 0.6) is 0 Å². The molecule has 0 aliphatic carbocycles. The van der Waals surface area contributed by atoms with Crippen LogP contribution in [-0.4, -0.2) is 42.1 Å². The monoisotopic (exact) mass is 221 g/mol. The zero-order valence-electron chi connectivity index (χ0n) is 9.40. The third-order valence-corrected chi connectivity index (χ3v) is 2.70. The Morgan fingerprint density at radius 1 is 1.56 bits per heavy atom. The van der Waals surface area contributed by atoms with E-state index in [9.17, 15) is 4.79 Å². The van der Waals surface area contributed by atoms with E-state index in [4.69, 9.17) is 0 Å². The molecule has 1 aliphatic heterocycles. The van der Waals surface area contributed by atoms with Crippen LogP contribution in [0.15, 0.2) is 12.4 Å². The van der Waals surface area contributed by atoms with Gasteiger partial charge in [0.15, 0.2) is 0 Å². The average Bonchev–Trinajstić information content (AvgIpc) is 2.33. The second-order valence-electron chi connectivity index (χ2n) is 3.67. The molecule has 1 amide bonds. The first-order valence-corrected chi connectivity index (χ1v) is 5.26. The third-order valence-electron chi connectivity index (χ3n) is 2.70. The summed E-state index contributed by atoms with van der Waals surface area (Å²) >= 11 is 0. The Hall–Kier alpha value is -1.85. The van der Waals surface area contributed by atoms with E-state index in [1.165, 1.54) is 6.33 Å². The average molecular weight is 221 g/mol. The Morgan fingerprint density at radius 2 is 2.38 bits per heavy atom. The van der Waals surface area contributed by atoms with E-state index in [1.807, 2.05) is 17.9 Å². The number of rotatable bonds is 2. The maximum absolute atomic E-state index is 11.5. The second-order valence-corrected chi connectivity index (χ2v) is 3.67. The van der Waals surface area contributed by atoms with Crippen LogP contribution in [0, 0.1) is 0 Å². The molecule has 0 bridgehead atoms. The van der Waals surface area contributed by atoms with Gasteiger partial charge in [0.1, 0.15) is 24.0 Å². The van der Waals surface area contributed by atoms with E-state index < -0.39 is 0 Å². The van der Waals surface area contributed by atoms with Crippen molar-refractivity contribution >= 4 is 17.5 Å². The summed E-state index contributed by atoms with van der Waals surface area (Å²) in [5.74, 6) is 1.57. The highest BCUT2D eigenvalue weighted by atomic mass is 16.2. The molecular weight excluding hydrogens is 206 g/mol. The van der Waals surface area contributed by atoms with Crippen molar-refractivity contribution < 1.29 is 4.79 Å². The highest BCUT2D eigenvalue weighted by Gasteiger charge is 2.26. The summed E-state index contributed by atoms with van der Waals surface area (Å²) in [6, 6.07) is 1.66. The number of hydrogen-bond acceptors (Lipinski definition) is 5. The summed E-state index contributed by atoms with van der Waals surface area (Å²) in [6.45, 7) is 3.30. The van der Waals surface area contributed by atoms with Crippen molar-refractivity contribution in [2.24, 2.45) is 0 Å². The molecule has 1 unspecified atom stereocenters. The van der Waals surface area contributed by atoms with E-state index in [2.05, 4.69) is 20.6 Å². The van der Waals surface area contributed by atoms with Crippen LogP contribution in [0.4, 0.5) is 11.6 Å². The molecule has 1 aliphatic rings. The van der Waals surface area contributed by atoms with Gasteiger partial charge in [0.25, 0.3) is 0 Å². The number of anilines is 2. The standard InChI is InChI=1S/C10H15N5O/c1-7-10(16)12-3-4-15(7)9-5-8(11-2)13-6-14-9/h5-7H,3-4H2,1-2H3,(H,12,16)(H,11,13,14). The molecule has 1 aromatic heterocycles. The molecule has 1 aromatic rings. The zero-order valence-corrected chi connectivity index (χ0v) is 9.40. The van der Waals surface area contributed by atoms with Gasteiger partial charge in [-0.15, -0.1) is 0 Å². The van der Waals surface area contributed by atoms with E-state index in [0.717, 1.165) is 18.2 Å². The van der Waals surface area contributed by atoms with Crippen molar-refractivity contribution in [2.45, 2.75) is 13.0 Å². The summed E-state index contributed by atoms with van der Waals surface area (Å²) in [5.41, 5.74) is 0. The van der Waals surface area contributed by atoms with Crippen molar-refractivity contribution in [3.8, 4) is 0 Å². The highest BCUT2D eigenvalue weighted by molar-refractivity contribution is 5.85. The van der Waals surface area contributed by atoms with Crippen LogP contribution in [0.2, 0.25) is 0 Å². The molecule has 2 rings (SSSR count). The van der Waals surface area contributed by atoms with Gasteiger partial charge in [0, 0.05) is 26.2 Å². The Bertz CT molecular complexity index is 395. The summed E-state index contributed by atoms with van der Waals surface area (Å²) < 4.78 is 0. The van der Waals surface area contributed by atoms with Gasteiger partial charge in [-0.25, -0.2) is 9.97 Å². The lowest BCUT2D eigenvalue weighted by atomic mass is 10.2. The molecule has 0 aromatic carbocycles. The second kappa shape index (κ2) is 4.34. The van der Waals surface area contributed by atoms with Gasteiger partial charge < -0.3 is 15.5 Å². The van der Waals surface area contributed by atoms with Crippen molar-refractivity contribution in [3.63, 3.8) is 0 Å². The minimum atomic E-state index is -0.187. The third kappa shape index (κ3) is 1.91. The molecule has 0 spiro atoms. The lowest BCUT2D eigenvalue weighted by Gasteiger charge is -2.33. The van der Waals surface area contributed by atoms with Crippen LogP contribution >= 0.6 is 0 Å². The smallest absolute Gasteiger partial charge is 0.242 e. The summed E-state index contributed by atoms with van der Waals surface area (Å²) in [4.78, 5) is 21.7. The summed E-state index contributed by atoms with van der Waals surface area (Å²) in [7, 11) is 1.80. The molecule has 2 heterocycles. The predicted octanol–water partition coefficient (Wildman–Crippen LogP) is -0.157. The van der Waals surface area contributed by atoms with Gasteiger partial charge in [0.05, 0.1) is 0 Å². The summed E-state index contributed by atoms with van der Waals surface area (Å²) in [6.07, 6.45) is 1.50. The highest BCUT2D eigenvalue weighted by Crippen LogP contribution is 2.17. The van der Waals surface area contributed by atoms with Crippen molar-refractivity contribution in [1.82, 2.24) is 15.3 Å². The van der Waals surface area contributed by atoms with Crippen molar-refractivity contribution in [2.75, 3.05) is 30.4 Å². The number of hydrogen-bond donors (Lipinski definition) is 2. The normalized spacial score (nSPS) is 20.5. The maximum Gasteiger partial charge on any atom is 0.242 e. The zero-order chi connectivity index (χ0) is 11.5. The number of nitrogens with zero attached hydrogens (tertiary/aromatic N) is 3. The fourth-order valence-corrected chi connectivity index (χ4v) is 1.74. The first kappa shape index (κ1) is 10.7. The number of piperazine rings is 1. The molecule has 1 atom stereocenters. The molecular formula is C10H15N5O.